The van der Waals surface area contributed by atoms with Crippen LogP contribution in [0.25, 0.3) is 4.85 Å². The lowest BCUT2D eigenvalue weighted by molar-refractivity contribution is -0.172. The first-order valence-corrected chi connectivity index (χ1v) is 13.1. The van der Waals surface area contributed by atoms with E-state index in [-0.39, 0.29) is 24.5 Å². The van der Waals surface area contributed by atoms with Gasteiger partial charge in [-0.2, -0.15) is 0 Å². The number of nitrogens with one attached hydrogen (secondary N) is 1. The van der Waals surface area contributed by atoms with Gasteiger partial charge in [-0.05, 0) is 76.8 Å². The van der Waals surface area contributed by atoms with Crippen molar-refractivity contribution in [3.05, 3.63) is 40.7 Å². The van der Waals surface area contributed by atoms with E-state index in [2.05, 4.69) is 9.57 Å². The van der Waals surface area contributed by atoms with Gasteiger partial charge < -0.3 is 9.47 Å². The van der Waals surface area contributed by atoms with Crippen molar-refractivity contribution < 1.29 is 22.9 Å². The average molecular weight is 493 g/mol. The van der Waals surface area contributed by atoms with Crippen LogP contribution in [-0.4, -0.2) is 34.0 Å². The van der Waals surface area contributed by atoms with Crippen LogP contribution in [0.4, 0.5) is 10.1 Å². The van der Waals surface area contributed by atoms with Crippen LogP contribution in [0.15, 0.2) is 18.2 Å². The highest BCUT2D eigenvalue weighted by Gasteiger charge is 2.66. The van der Waals surface area contributed by atoms with Gasteiger partial charge in [-0.3, -0.25) is 0 Å². The lowest BCUT2D eigenvalue weighted by Gasteiger charge is -2.53. The molecule has 188 valence electrons. The third kappa shape index (κ3) is 4.55. The quantitative estimate of drug-likeness (QED) is 0.429. The number of nitrogens with zero attached hydrogens (tertiary/aromatic N) is 1. The van der Waals surface area contributed by atoms with Crippen molar-refractivity contribution >= 4 is 22.6 Å². The second kappa shape index (κ2) is 9.67. The molecule has 0 bridgehead atoms. The molecular weight excluding hydrogens is 455 g/mol. The highest BCUT2D eigenvalue weighted by molar-refractivity contribution is 7.84. The summed E-state index contributed by atoms with van der Waals surface area (Å²) in [6.07, 6.45) is 0.0159. The van der Waals surface area contributed by atoms with Crippen LogP contribution in [0.5, 0.6) is 0 Å². The fraction of sp³-hybridized carbons (Fsp3) is 0.692. The van der Waals surface area contributed by atoms with E-state index >= 15 is 0 Å². The monoisotopic (exact) mass is 492 g/mol. The third-order valence-electron chi connectivity index (χ3n) is 7.23. The molecule has 0 aliphatic heterocycles. The largest absolute Gasteiger partial charge is 0.464 e. The number of rotatable bonds is 6. The Hall–Kier alpha value is -1.82. The van der Waals surface area contributed by atoms with E-state index in [1.807, 2.05) is 40.7 Å². The summed E-state index contributed by atoms with van der Waals surface area (Å²) in [6, 6.07) is 5.39. The van der Waals surface area contributed by atoms with E-state index in [1.165, 1.54) is 6.92 Å². The van der Waals surface area contributed by atoms with Crippen molar-refractivity contribution in [2.45, 2.75) is 90.5 Å². The van der Waals surface area contributed by atoms with Crippen molar-refractivity contribution in [1.29, 1.82) is 0 Å². The molecule has 0 radical (unpaired) electrons. The highest BCUT2D eigenvalue weighted by atomic mass is 32.2. The molecule has 0 aromatic heterocycles. The summed E-state index contributed by atoms with van der Waals surface area (Å²) in [5.74, 6) is -0.573. The number of hydrogen-bond donors (Lipinski definition) is 1. The molecule has 1 saturated carbocycles. The molecule has 0 amide bonds. The Kier molecular flexibility index (Phi) is 7.62. The molecule has 7 atom stereocenters. The Morgan fingerprint density at radius 1 is 1.32 bits per heavy atom. The summed E-state index contributed by atoms with van der Waals surface area (Å²) in [7, 11) is -1.59. The van der Waals surface area contributed by atoms with Gasteiger partial charge >= 0.3 is 5.97 Å². The van der Waals surface area contributed by atoms with E-state index in [1.54, 1.807) is 19.1 Å². The maximum absolute atomic E-state index is 14.0. The molecule has 6 nitrogen and oxygen atoms in total. The number of carbonyl (C=O) groups is 1. The number of carbonyl (C=O) groups excluding carboxylic acids is 1. The fourth-order valence-electron chi connectivity index (χ4n) is 6.03. The summed E-state index contributed by atoms with van der Waals surface area (Å²) in [5, 5.41) is 0. The average Bonchev–Trinajstić information content (AvgIpc) is 2.98. The highest BCUT2D eigenvalue weighted by Crippen LogP contribution is 2.61. The second-order valence-corrected chi connectivity index (χ2v) is 12.8. The van der Waals surface area contributed by atoms with Crippen LogP contribution in [0.3, 0.4) is 0 Å². The molecule has 1 aromatic rings. The fourth-order valence-corrected chi connectivity index (χ4v) is 7.02. The maximum Gasteiger partial charge on any atom is 0.332 e. The Morgan fingerprint density at radius 3 is 2.44 bits per heavy atom. The Bertz CT molecular complexity index is 987. The predicted octanol–water partition coefficient (Wildman–Crippen LogP) is 5.36. The van der Waals surface area contributed by atoms with Crippen LogP contribution in [0.1, 0.15) is 72.4 Å². The van der Waals surface area contributed by atoms with Gasteiger partial charge in [0.1, 0.15) is 0 Å². The number of hydrogen-bond acceptors (Lipinski definition) is 4. The van der Waals surface area contributed by atoms with Gasteiger partial charge in [0.05, 0.1) is 35.0 Å². The van der Waals surface area contributed by atoms with Crippen molar-refractivity contribution in [2.75, 3.05) is 6.61 Å². The molecule has 3 unspecified atom stereocenters. The van der Waals surface area contributed by atoms with Gasteiger partial charge in [-0.25, -0.2) is 23.0 Å². The van der Waals surface area contributed by atoms with E-state index < -0.39 is 39.0 Å². The number of esters is 1. The first-order valence-electron chi connectivity index (χ1n) is 12.0. The zero-order valence-corrected chi connectivity index (χ0v) is 22.1. The van der Waals surface area contributed by atoms with E-state index in [9.17, 15) is 13.4 Å². The van der Waals surface area contributed by atoms with Crippen LogP contribution in [-0.2, 0) is 37.2 Å². The minimum Gasteiger partial charge on any atom is -0.464 e. The molecule has 2 aliphatic carbocycles. The Balaban J connectivity index is 2.24. The molecule has 1 aromatic carbocycles. The van der Waals surface area contributed by atoms with Gasteiger partial charge in [0.2, 0.25) is 0 Å². The zero-order chi connectivity index (χ0) is 25.5. The summed E-state index contributed by atoms with van der Waals surface area (Å²) in [5.41, 5.74) is -0.0451. The van der Waals surface area contributed by atoms with E-state index in [4.69, 9.17) is 16.0 Å². The minimum atomic E-state index is -1.59. The molecule has 3 rings (SSSR count). The van der Waals surface area contributed by atoms with Gasteiger partial charge in [-0.1, -0.05) is 32.0 Å². The molecule has 1 fully saturated rings. The molecule has 8 heteroatoms. The normalized spacial score (nSPS) is 32.6. The molecule has 2 aliphatic rings. The topological polar surface area (TPSA) is 69.0 Å². The maximum atomic E-state index is 14.0. The Labute approximate surface area is 205 Å². The van der Waals surface area contributed by atoms with Crippen molar-refractivity contribution in [1.82, 2.24) is 4.72 Å². The van der Waals surface area contributed by atoms with Gasteiger partial charge in [0.15, 0.2) is 17.6 Å². The molecular formula is C26H37FN2O4S. The molecule has 1 N–H and O–H groups in total. The number of fused-ring (bicyclic) bond motifs is 1. The van der Waals surface area contributed by atoms with Crippen molar-refractivity contribution in [2.24, 2.45) is 17.3 Å². The van der Waals surface area contributed by atoms with Gasteiger partial charge in [-0.15, -0.1) is 0 Å². The minimum absolute atomic E-state index is 0.0460. The number of ether oxygens (including phenoxy) is 2. The number of alkyl halides is 1. The summed E-state index contributed by atoms with van der Waals surface area (Å²) < 4.78 is 41.3. The molecule has 34 heavy (non-hydrogen) atoms. The van der Waals surface area contributed by atoms with Gasteiger partial charge in [0.25, 0.3) is 0 Å². The van der Waals surface area contributed by atoms with Crippen LogP contribution in [0.2, 0.25) is 0 Å². The number of benzene rings is 1. The smallest absolute Gasteiger partial charge is 0.332 e. The predicted molar refractivity (Wildman–Crippen MR) is 131 cm³/mol. The van der Waals surface area contributed by atoms with Crippen molar-refractivity contribution in [3.63, 3.8) is 0 Å². The second-order valence-electron chi connectivity index (χ2n) is 10.9. The molecule has 0 heterocycles. The summed E-state index contributed by atoms with van der Waals surface area (Å²) in [4.78, 5) is 17.5. The van der Waals surface area contributed by atoms with Crippen molar-refractivity contribution in [3.8, 4) is 0 Å². The van der Waals surface area contributed by atoms with Gasteiger partial charge in [0, 0.05) is 5.41 Å². The van der Waals surface area contributed by atoms with Crippen LogP contribution in [0, 0.1) is 23.8 Å². The first-order chi connectivity index (χ1) is 15.8. The molecule has 1 spiro atoms. The zero-order valence-electron chi connectivity index (χ0n) is 21.2. The summed E-state index contributed by atoms with van der Waals surface area (Å²) in [6.45, 7) is 20.5. The lowest BCUT2D eigenvalue weighted by Crippen LogP contribution is -2.64. The third-order valence-corrected chi connectivity index (χ3v) is 8.83. The standard InChI is InChI=1S/C26H37FN2O4S/c1-9-32-23(30)26(29-34(31)24(5,6)7)21-12-20(28-8)11-10-19(21)15-25(26)13-16(2)22(17(3)14-25)33-18(4)27/h10-12,16-18,22,29H,9,13-15H2,1-7H3/t16-,17+,18?,22?,25?,26-,34+/m1/s1. The van der Waals surface area contributed by atoms with E-state index in [0.29, 0.717) is 30.5 Å². The van der Waals surface area contributed by atoms with Crippen LogP contribution >= 0.6 is 0 Å². The lowest BCUT2D eigenvalue weighted by atomic mass is 9.56. The molecule has 0 saturated heterocycles. The number of halogens is 1. The Morgan fingerprint density at radius 2 is 1.94 bits per heavy atom. The first kappa shape index (κ1) is 26.8. The summed E-state index contributed by atoms with van der Waals surface area (Å²) >= 11 is 0. The SMILES string of the molecule is [C-]#[N+]c1ccc2c(c1)[C@@](N[S@@](=O)C(C)(C)C)(C(=O)OCC)C1(C2)C[C@@H](C)C(OC(C)F)[C@@H](C)C1. The van der Waals surface area contributed by atoms with E-state index in [0.717, 1.165) is 5.56 Å². The van der Waals surface area contributed by atoms with Crippen LogP contribution < -0.4 is 4.72 Å².